The smallest absolute Gasteiger partial charge is 0.317 e. The lowest BCUT2D eigenvalue weighted by Crippen LogP contribution is -2.70. The monoisotopic (exact) mass is 641 g/mol. The van der Waals surface area contributed by atoms with Crippen LogP contribution in [0, 0.1) is 0 Å². The highest BCUT2D eigenvalue weighted by molar-refractivity contribution is 8.00. The number of thiocarbonyl (C=S) groups is 1. The maximum Gasteiger partial charge on any atom is 0.317 e. The summed E-state index contributed by atoms with van der Waals surface area (Å²) >= 11 is 8.68. The average Bonchev–Trinajstić information content (AvgIpc) is 3.50. The third kappa shape index (κ3) is 6.23. The number of rotatable bonds is 9. The minimum absolute atomic E-state index is 0.130. The zero-order chi connectivity index (χ0) is 30.6. The molecule has 0 saturated carbocycles. The van der Waals surface area contributed by atoms with E-state index in [1.165, 1.54) is 29.3 Å². The van der Waals surface area contributed by atoms with Crippen LogP contribution in [0.2, 0.25) is 0 Å². The molecule has 1 saturated heterocycles. The summed E-state index contributed by atoms with van der Waals surface area (Å²) in [5.41, 5.74) is 9.09. The zero-order valence-electron chi connectivity index (χ0n) is 23.2. The van der Waals surface area contributed by atoms with E-state index in [1.807, 2.05) is 91.0 Å². The summed E-state index contributed by atoms with van der Waals surface area (Å²) in [6.45, 7) is 0. The number of hydrogen-bond donors (Lipinski definition) is 3. The molecule has 6 rings (SSSR count). The van der Waals surface area contributed by atoms with Gasteiger partial charge >= 0.3 is 6.03 Å². The Hall–Kier alpha value is -4.52. The molecule has 0 unspecified atom stereocenters. The van der Waals surface area contributed by atoms with Crippen molar-refractivity contribution in [2.45, 2.75) is 23.9 Å². The number of benzene rings is 3. The summed E-state index contributed by atoms with van der Waals surface area (Å²) in [5, 5.41) is 6.25. The third-order valence-electron chi connectivity index (χ3n) is 7.13. The number of amides is 4. The maximum atomic E-state index is 13.7. The first kappa shape index (κ1) is 29.5. The summed E-state index contributed by atoms with van der Waals surface area (Å²) < 4.78 is 6.55. The highest BCUT2D eigenvalue weighted by Crippen LogP contribution is 2.45. The molecule has 3 aromatic carbocycles. The van der Waals surface area contributed by atoms with Crippen molar-refractivity contribution < 1.29 is 19.1 Å². The predicted molar refractivity (Wildman–Crippen MR) is 176 cm³/mol. The van der Waals surface area contributed by atoms with Gasteiger partial charge in [0.2, 0.25) is 11.0 Å². The third-order valence-corrected chi connectivity index (χ3v) is 9.67. The Morgan fingerprint density at radius 3 is 2.23 bits per heavy atom. The molecule has 222 valence electrons. The van der Waals surface area contributed by atoms with Gasteiger partial charge in [-0.15, -0.1) is 11.8 Å². The molecule has 12 heteroatoms. The first-order valence-corrected chi connectivity index (χ1v) is 16.0. The number of anilines is 1. The van der Waals surface area contributed by atoms with Gasteiger partial charge in [-0.2, -0.15) is 0 Å². The fourth-order valence-electron chi connectivity index (χ4n) is 5.12. The van der Waals surface area contributed by atoms with Crippen LogP contribution in [0.5, 0.6) is 0 Å². The second-order valence-electron chi connectivity index (χ2n) is 10.1. The predicted octanol–water partition coefficient (Wildman–Crippen LogP) is 5.12. The minimum Gasteiger partial charge on any atom is -0.469 e. The first-order chi connectivity index (χ1) is 21.4. The minimum atomic E-state index is -0.710. The van der Waals surface area contributed by atoms with Gasteiger partial charge in [-0.1, -0.05) is 102 Å². The molecular weight excluding hydrogens is 615 g/mol. The molecule has 9 nitrogen and oxygen atoms in total. The number of thioether (sulfide) groups is 1. The van der Waals surface area contributed by atoms with Crippen molar-refractivity contribution in [1.82, 2.24) is 15.2 Å². The van der Waals surface area contributed by atoms with Crippen molar-refractivity contribution in [1.29, 1.82) is 0 Å². The number of nitrogens with one attached hydrogen (secondary N) is 2. The molecule has 3 heterocycles. The summed E-state index contributed by atoms with van der Waals surface area (Å²) in [4.78, 5) is 44.1. The number of carbonyl (C=O) groups is 3. The van der Waals surface area contributed by atoms with Crippen LogP contribution >= 0.6 is 35.3 Å². The summed E-state index contributed by atoms with van der Waals surface area (Å²) in [6.07, 6.45) is 1.15. The van der Waals surface area contributed by atoms with Crippen LogP contribution in [0.4, 0.5) is 9.80 Å². The Balaban J connectivity index is 1.32. The van der Waals surface area contributed by atoms with Gasteiger partial charge in [0, 0.05) is 11.3 Å². The molecule has 0 bridgehead atoms. The molecule has 44 heavy (non-hydrogen) atoms. The van der Waals surface area contributed by atoms with Crippen LogP contribution in [-0.2, 0) is 20.7 Å². The lowest BCUT2D eigenvalue weighted by molar-refractivity contribution is -0.145. The van der Waals surface area contributed by atoms with Crippen molar-refractivity contribution in [2.24, 2.45) is 5.73 Å². The number of hydrogen-bond acceptors (Lipinski definition) is 8. The number of thiazole rings is 1. The highest BCUT2D eigenvalue weighted by Gasteiger charge is 2.54. The van der Waals surface area contributed by atoms with E-state index in [0.717, 1.165) is 16.7 Å². The van der Waals surface area contributed by atoms with E-state index in [9.17, 15) is 14.4 Å². The molecule has 1 aromatic heterocycles. The van der Waals surface area contributed by atoms with Crippen LogP contribution in [0.1, 0.15) is 27.8 Å². The number of nitrogens with two attached hydrogens (primary N) is 1. The van der Waals surface area contributed by atoms with Gasteiger partial charge in [-0.3, -0.25) is 19.8 Å². The molecule has 0 spiro atoms. The van der Waals surface area contributed by atoms with Gasteiger partial charge in [-0.05, 0) is 28.9 Å². The summed E-state index contributed by atoms with van der Waals surface area (Å²) in [7, 11) is 0. The quantitative estimate of drug-likeness (QED) is 0.171. The molecule has 4 aromatic rings. The van der Waals surface area contributed by atoms with E-state index in [0.29, 0.717) is 27.0 Å². The Bertz CT molecular complexity index is 1690. The van der Waals surface area contributed by atoms with Crippen LogP contribution < -0.4 is 16.4 Å². The van der Waals surface area contributed by atoms with Gasteiger partial charge < -0.3 is 15.8 Å². The number of primary amides is 1. The molecule has 1 fully saturated rings. The Kier molecular flexibility index (Phi) is 8.73. The van der Waals surface area contributed by atoms with Crippen molar-refractivity contribution in [2.75, 3.05) is 11.1 Å². The lowest BCUT2D eigenvalue weighted by atomic mass is 10.0. The van der Waals surface area contributed by atoms with E-state index >= 15 is 0 Å². The molecular formula is C32H27N5O4S3. The van der Waals surface area contributed by atoms with E-state index in [1.54, 1.807) is 4.90 Å². The molecule has 2 aliphatic heterocycles. The number of nitrogens with zero attached hydrogens (tertiary/aromatic N) is 2. The van der Waals surface area contributed by atoms with Crippen molar-refractivity contribution in [3.63, 3.8) is 0 Å². The standard InChI is InChI=1S/C32H27N5O4S3/c33-32(40)36-24-17-34-28(44-24)22-18-43-30-25(35-23(38)16-19-10-4-1-5-11-19)29(39)37(30)26(22)31(42)41-27(20-12-6-2-7-13-20)21-14-8-3-9-15-21/h1-15,17,25,27,30H,16,18H2,(H,35,38)(H3,33,36,40)/t25-,30-/m1/s1. The topological polar surface area (TPSA) is 127 Å². The average molecular weight is 642 g/mol. The summed E-state index contributed by atoms with van der Waals surface area (Å²) in [6, 6.07) is 27.4. The normalized spacial score (nSPS) is 17.5. The SMILES string of the molecule is NC(=O)Nc1cnc(C2=C(C(=S)OC(c3ccccc3)c3ccccc3)N3C(=O)[C@@H](NC(=O)Cc4ccccc4)[C@H]3SC2)s1. The number of urea groups is 1. The molecule has 4 N–H and O–H groups in total. The molecule has 4 amide bonds. The highest BCUT2D eigenvalue weighted by atomic mass is 32.2. The number of carbonyl (C=O) groups excluding carboxylic acids is 3. The van der Waals surface area contributed by atoms with Crippen LogP contribution in [0.25, 0.3) is 5.57 Å². The number of fused-ring (bicyclic) bond motifs is 1. The van der Waals surface area contributed by atoms with Gasteiger partial charge in [0.1, 0.15) is 33.2 Å². The van der Waals surface area contributed by atoms with Crippen LogP contribution in [-0.4, -0.2) is 49.9 Å². The van der Waals surface area contributed by atoms with Crippen molar-refractivity contribution in [3.8, 4) is 0 Å². The van der Waals surface area contributed by atoms with E-state index in [-0.39, 0.29) is 28.7 Å². The largest absolute Gasteiger partial charge is 0.469 e. The number of aromatic nitrogens is 1. The van der Waals surface area contributed by atoms with Gasteiger partial charge in [-0.25, -0.2) is 9.78 Å². The van der Waals surface area contributed by atoms with Crippen molar-refractivity contribution in [3.05, 3.63) is 125 Å². The summed E-state index contributed by atoms with van der Waals surface area (Å²) in [5.74, 6) is -0.0752. The second-order valence-corrected chi connectivity index (χ2v) is 12.6. The van der Waals surface area contributed by atoms with E-state index in [2.05, 4.69) is 15.6 Å². The molecule has 2 aliphatic rings. The number of β-lactam (4-membered cyclic amide) rings is 1. The fourth-order valence-corrected chi connectivity index (χ4v) is 7.74. The van der Waals surface area contributed by atoms with E-state index < -0.39 is 18.2 Å². The van der Waals surface area contributed by atoms with E-state index in [4.69, 9.17) is 22.7 Å². The fraction of sp³-hybridized carbons (Fsp3) is 0.156. The Labute approximate surface area is 267 Å². The molecule has 0 radical (unpaired) electrons. The van der Waals surface area contributed by atoms with Crippen LogP contribution in [0.3, 0.4) is 0 Å². The van der Waals surface area contributed by atoms with Crippen LogP contribution in [0.15, 0.2) is 103 Å². The zero-order valence-corrected chi connectivity index (χ0v) is 25.7. The van der Waals surface area contributed by atoms with Crippen molar-refractivity contribution >= 4 is 68.8 Å². The second kappa shape index (κ2) is 13.0. The first-order valence-electron chi connectivity index (χ1n) is 13.7. The maximum absolute atomic E-state index is 13.7. The lowest BCUT2D eigenvalue weighted by Gasteiger charge is -2.50. The Morgan fingerprint density at radius 1 is 1.00 bits per heavy atom. The molecule has 2 atom stereocenters. The van der Waals surface area contributed by atoms with Gasteiger partial charge in [0.25, 0.3) is 5.91 Å². The Morgan fingerprint density at radius 2 is 1.61 bits per heavy atom. The molecule has 0 aliphatic carbocycles. The van der Waals surface area contributed by atoms with Gasteiger partial charge in [0.15, 0.2) is 0 Å². The number of ether oxygens (including phenoxy) is 1. The van der Waals surface area contributed by atoms with Gasteiger partial charge in [0.05, 0.1) is 12.6 Å².